The molecule has 0 saturated heterocycles. The van der Waals surface area contributed by atoms with E-state index in [9.17, 15) is 0 Å². The Morgan fingerprint density at radius 3 is 0.667 bits per heavy atom. The minimum absolute atomic E-state index is 0. The second-order valence-electron chi connectivity index (χ2n) is 0. The number of halogens is 2. The van der Waals surface area contributed by atoms with Crippen molar-refractivity contribution in [1.29, 1.82) is 0 Å². The van der Waals surface area contributed by atoms with E-state index >= 15 is 0 Å². The molecule has 0 aromatic carbocycles. The molecule has 0 bridgehead atoms. The molecule has 4 heteroatoms. The largest absolute Gasteiger partial charge is 4.00 e. The van der Waals surface area contributed by atoms with Crippen LogP contribution in [-0.2, 0) is 26.2 Å². The fourth-order valence-corrected chi connectivity index (χ4v) is 0. The fourth-order valence-electron chi connectivity index (χ4n) is 0. The Labute approximate surface area is 76.4 Å². The summed E-state index contributed by atoms with van der Waals surface area (Å²) in [6, 6.07) is 0. The van der Waals surface area contributed by atoms with Crippen LogP contribution in [-0.4, -0.2) is 11.0 Å². The van der Waals surface area contributed by atoms with E-state index < -0.39 is 0 Å². The van der Waals surface area contributed by atoms with Crippen LogP contribution in [0.25, 0.3) is 0 Å². The van der Waals surface area contributed by atoms with Gasteiger partial charge in [-0.25, -0.2) is 0 Å². The monoisotopic (exact) mass is 222 g/mol. The zero-order valence-electron chi connectivity index (χ0n) is 3.26. The van der Waals surface area contributed by atoms with Crippen molar-refractivity contribution in [1.82, 2.24) is 0 Å². The summed E-state index contributed by atoms with van der Waals surface area (Å²) in [7, 11) is 0. The van der Waals surface area contributed by atoms with Crippen LogP contribution in [0.15, 0.2) is 0 Å². The quantitative estimate of drug-likeness (QED) is 0.284. The molecule has 6 heavy (non-hydrogen) atoms. The summed E-state index contributed by atoms with van der Waals surface area (Å²) in [6.45, 7) is 0. The van der Waals surface area contributed by atoms with E-state index in [-0.39, 0.29) is 76.8 Å². The maximum atomic E-state index is 0. The smallest absolute Gasteiger partial charge is 1.00 e. The summed E-state index contributed by atoms with van der Waals surface area (Å²) in [5.41, 5.74) is 0. The van der Waals surface area contributed by atoms with Gasteiger partial charge in [-0.15, -0.1) is 0 Å². The summed E-state index contributed by atoms with van der Waals surface area (Å²) in [4.78, 5) is 0. The van der Waals surface area contributed by atoms with Gasteiger partial charge in [-0.1, -0.05) is 0 Å². The topological polar surface area (TPSA) is 0 Å². The molecule has 0 aromatic rings. The standard InChI is InChI=1S/2CH3.2ClH.H4Si.Zr/h2*1H3;2*1H;1H4;/q2*-1;;;;+4/p-2. The average molecular weight is 224 g/mol. The molecule has 0 fully saturated rings. The first-order chi connectivity index (χ1) is 0. The summed E-state index contributed by atoms with van der Waals surface area (Å²) in [5, 5.41) is 0. The van der Waals surface area contributed by atoms with Gasteiger partial charge in [0.25, 0.3) is 0 Å². The van der Waals surface area contributed by atoms with E-state index in [0.29, 0.717) is 0 Å². The van der Waals surface area contributed by atoms with Crippen molar-refractivity contribution in [2.75, 3.05) is 0 Å². The second-order valence-corrected chi connectivity index (χ2v) is 0. The Morgan fingerprint density at radius 2 is 0.667 bits per heavy atom. The molecule has 0 unspecified atom stereocenters. The van der Waals surface area contributed by atoms with Crippen molar-refractivity contribution in [3.63, 3.8) is 0 Å². The first kappa shape index (κ1) is 121. The molecule has 0 aromatic heterocycles. The van der Waals surface area contributed by atoms with E-state index in [2.05, 4.69) is 0 Å². The van der Waals surface area contributed by atoms with Crippen molar-refractivity contribution >= 4 is 11.0 Å². The first-order valence-corrected chi connectivity index (χ1v) is 0. The van der Waals surface area contributed by atoms with Crippen molar-refractivity contribution in [3.8, 4) is 0 Å². The molecule has 0 rings (SSSR count). The van der Waals surface area contributed by atoms with E-state index in [1.54, 1.807) is 0 Å². The Kier molecular flexibility index (Phi) is 1550. The van der Waals surface area contributed by atoms with Gasteiger partial charge in [0.15, 0.2) is 0 Å². The van der Waals surface area contributed by atoms with Crippen LogP contribution >= 0.6 is 0 Å². The van der Waals surface area contributed by atoms with Gasteiger partial charge >= 0.3 is 26.2 Å². The van der Waals surface area contributed by atoms with Crippen LogP contribution in [0.5, 0.6) is 0 Å². The third kappa shape index (κ3) is 44.1. The zero-order chi connectivity index (χ0) is 0. The van der Waals surface area contributed by atoms with Crippen LogP contribution < -0.4 is 24.8 Å². The Bertz CT molecular complexity index is 11.5. The molecule has 40 valence electrons. The Hall–Kier alpha value is 1.68. The molecule has 0 aliphatic carbocycles. The van der Waals surface area contributed by atoms with Gasteiger partial charge in [0, 0.05) is 0 Å². The number of hydrogen-bond acceptors (Lipinski definition) is 0. The van der Waals surface area contributed by atoms with Crippen LogP contribution in [0, 0.1) is 14.9 Å². The third-order valence-corrected chi connectivity index (χ3v) is 0. The second kappa shape index (κ2) is 76.4. The van der Waals surface area contributed by atoms with Gasteiger partial charge in [-0.05, 0) is 11.0 Å². The molecule has 0 nitrogen and oxygen atoms in total. The van der Waals surface area contributed by atoms with E-state index in [4.69, 9.17) is 0 Å². The summed E-state index contributed by atoms with van der Waals surface area (Å²) >= 11 is 0. The van der Waals surface area contributed by atoms with Crippen LogP contribution in [0.3, 0.4) is 0 Å². The van der Waals surface area contributed by atoms with Crippen LogP contribution in [0.2, 0.25) is 0 Å². The Morgan fingerprint density at radius 1 is 0.667 bits per heavy atom. The minimum atomic E-state index is 0. The van der Waals surface area contributed by atoms with E-state index in [0.717, 1.165) is 0 Å². The van der Waals surface area contributed by atoms with Crippen molar-refractivity contribution in [2.45, 2.75) is 0 Å². The van der Waals surface area contributed by atoms with Crippen molar-refractivity contribution in [2.24, 2.45) is 0 Å². The summed E-state index contributed by atoms with van der Waals surface area (Å²) in [6.07, 6.45) is 0. The molecule has 0 atom stereocenters. The van der Waals surface area contributed by atoms with E-state index in [1.807, 2.05) is 0 Å². The Balaban J connectivity index is 0. The predicted octanol–water partition coefficient (Wildman–Crippen LogP) is -6.55. The molecule has 0 heterocycles. The van der Waals surface area contributed by atoms with Gasteiger partial charge < -0.3 is 39.7 Å². The molecule has 0 radical (unpaired) electrons. The SMILES string of the molecule is [CH3-].[CH3-].[Cl-].[Cl-].[SiH4].[Zr+4]. The van der Waals surface area contributed by atoms with Gasteiger partial charge in [-0.3, -0.25) is 0 Å². The van der Waals surface area contributed by atoms with Gasteiger partial charge in [0.1, 0.15) is 0 Å². The average Bonchev–Trinajstić information content (AvgIpc) is 0. The summed E-state index contributed by atoms with van der Waals surface area (Å²) in [5.74, 6) is 0. The van der Waals surface area contributed by atoms with Gasteiger partial charge in [0.2, 0.25) is 0 Å². The maximum absolute atomic E-state index is 0. The molecule has 0 aliphatic heterocycles. The van der Waals surface area contributed by atoms with Crippen molar-refractivity contribution < 1.29 is 51.0 Å². The van der Waals surface area contributed by atoms with Crippen LogP contribution in [0.1, 0.15) is 0 Å². The van der Waals surface area contributed by atoms with Gasteiger partial charge in [0.05, 0.1) is 0 Å². The normalized spacial score (nSPS) is 0. The minimum Gasteiger partial charge on any atom is -1.00 e. The van der Waals surface area contributed by atoms with Crippen molar-refractivity contribution in [3.05, 3.63) is 14.9 Å². The molecular weight excluding hydrogens is 214 g/mol. The maximum Gasteiger partial charge on any atom is 4.00 e. The predicted molar refractivity (Wildman–Crippen MR) is 24.2 cm³/mol. The van der Waals surface area contributed by atoms with Crippen LogP contribution in [0.4, 0.5) is 0 Å². The molecule has 0 saturated carbocycles. The number of hydrogen-bond donors (Lipinski definition) is 0. The third-order valence-electron chi connectivity index (χ3n) is 0. The summed E-state index contributed by atoms with van der Waals surface area (Å²) < 4.78 is 0. The molecule has 0 N–H and O–H groups in total. The van der Waals surface area contributed by atoms with Gasteiger partial charge in [-0.2, -0.15) is 0 Å². The number of rotatable bonds is 0. The first-order valence-electron chi connectivity index (χ1n) is 0. The molecule has 0 amide bonds. The fraction of sp³-hybridized carbons (Fsp3) is 0. The molecule has 0 aliphatic rings. The molecule has 0 spiro atoms. The molecular formula is C2H10Cl2SiZr. The van der Waals surface area contributed by atoms with E-state index in [1.165, 1.54) is 0 Å². The zero-order valence-corrected chi connectivity index (χ0v) is 7.23.